The van der Waals surface area contributed by atoms with Crippen LogP contribution in [0.1, 0.15) is 85.0 Å². The summed E-state index contributed by atoms with van der Waals surface area (Å²) < 4.78 is 91.7. The van der Waals surface area contributed by atoms with E-state index in [1.807, 2.05) is 6.92 Å². The van der Waals surface area contributed by atoms with Gasteiger partial charge < -0.3 is 5.11 Å². The van der Waals surface area contributed by atoms with E-state index in [1.54, 1.807) is 6.08 Å². The molecule has 0 heterocycles. The monoisotopic (exact) mass is 526 g/mol. The number of ketones is 1. The van der Waals surface area contributed by atoms with Crippen LogP contribution in [0.15, 0.2) is 11.6 Å². The zero-order valence-corrected chi connectivity index (χ0v) is 21.1. The number of hydrogen-bond acceptors (Lipinski definition) is 2. The van der Waals surface area contributed by atoms with E-state index >= 15 is 0 Å². The molecule has 0 radical (unpaired) electrons. The van der Waals surface area contributed by atoms with Crippen molar-refractivity contribution in [2.75, 3.05) is 0 Å². The van der Waals surface area contributed by atoms with Crippen molar-refractivity contribution in [2.24, 2.45) is 40.4 Å². The van der Waals surface area contributed by atoms with Crippen LogP contribution in [0, 0.1) is 40.4 Å². The number of carbonyl (C=O) groups excluding carboxylic acids is 1. The summed E-state index contributed by atoms with van der Waals surface area (Å²) in [6.07, 6.45) is -7.40. The first kappa shape index (κ1) is 27.9. The van der Waals surface area contributed by atoms with Crippen LogP contribution in [0.2, 0.25) is 0 Å². The van der Waals surface area contributed by atoms with Gasteiger partial charge >= 0.3 is 12.4 Å². The van der Waals surface area contributed by atoms with Crippen molar-refractivity contribution in [3.63, 3.8) is 0 Å². The third-order valence-corrected chi connectivity index (χ3v) is 10.8. The van der Waals surface area contributed by atoms with Crippen LogP contribution in [-0.2, 0) is 4.79 Å². The maximum Gasteiger partial charge on any atom is 0.431 e. The summed E-state index contributed by atoms with van der Waals surface area (Å²) in [4.78, 5) is 13.4. The van der Waals surface area contributed by atoms with Gasteiger partial charge in [0.1, 0.15) is 0 Å². The Morgan fingerprint density at radius 1 is 0.972 bits per heavy atom. The number of alkyl halides is 7. The van der Waals surface area contributed by atoms with E-state index in [4.69, 9.17) is 0 Å². The summed E-state index contributed by atoms with van der Waals surface area (Å²) in [5, 5.41) is 10.1. The van der Waals surface area contributed by atoms with Crippen LogP contribution in [0.3, 0.4) is 0 Å². The van der Waals surface area contributed by atoms with Gasteiger partial charge in [-0.15, -0.1) is 0 Å². The van der Waals surface area contributed by atoms with Gasteiger partial charge in [0.05, 0.1) is 6.10 Å². The molecule has 4 aliphatic carbocycles. The normalized spacial score (nSPS) is 40.2. The topological polar surface area (TPSA) is 37.3 Å². The number of aliphatic hydroxyl groups is 1. The minimum absolute atomic E-state index is 0.0633. The van der Waals surface area contributed by atoms with Crippen molar-refractivity contribution in [1.82, 2.24) is 0 Å². The molecule has 0 spiro atoms. The third kappa shape index (κ3) is 4.23. The fraction of sp³-hybridized carbons (Fsp3) is 0.889. The number of allylic oxidation sites excluding steroid dienone is 1. The molecule has 0 amide bonds. The summed E-state index contributed by atoms with van der Waals surface area (Å²) in [6, 6.07) is 0. The first-order valence-electron chi connectivity index (χ1n) is 13.2. The van der Waals surface area contributed by atoms with E-state index in [2.05, 4.69) is 13.8 Å². The first-order chi connectivity index (χ1) is 16.5. The molecular weight excluding hydrogens is 489 g/mol. The van der Waals surface area contributed by atoms with Gasteiger partial charge in [0.25, 0.3) is 5.67 Å². The van der Waals surface area contributed by atoms with Crippen molar-refractivity contribution < 1.29 is 40.6 Å². The molecule has 3 saturated carbocycles. The van der Waals surface area contributed by atoms with Gasteiger partial charge in [0.2, 0.25) is 0 Å². The Balaban J connectivity index is 1.47. The lowest BCUT2D eigenvalue weighted by Gasteiger charge is -2.57. The first-order valence-corrected chi connectivity index (χ1v) is 13.2. The van der Waals surface area contributed by atoms with Gasteiger partial charge in [0, 0.05) is 5.92 Å². The molecule has 4 aliphatic rings. The minimum atomic E-state index is -6.00. The molecular formula is C27H37F7O2. The van der Waals surface area contributed by atoms with Gasteiger partial charge in [-0.25, -0.2) is 4.39 Å². The van der Waals surface area contributed by atoms with Gasteiger partial charge in [-0.05, 0) is 98.4 Å². The molecule has 0 saturated heterocycles. The Labute approximate surface area is 208 Å². The van der Waals surface area contributed by atoms with Crippen LogP contribution in [0.25, 0.3) is 0 Å². The summed E-state index contributed by atoms with van der Waals surface area (Å²) >= 11 is 0. The average molecular weight is 527 g/mol. The smallest absolute Gasteiger partial charge is 0.393 e. The highest BCUT2D eigenvalue weighted by Gasteiger charge is 2.71. The maximum absolute atomic E-state index is 14.1. The van der Waals surface area contributed by atoms with Crippen molar-refractivity contribution in [3.05, 3.63) is 11.6 Å². The van der Waals surface area contributed by atoms with Crippen LogP contribution in [0.4, 0.5) is 30.7 Å². The molecule has 0 aliphatic heterocycles. The Kier molecular flexibility index (Phi) is 6.96. The van der Waals surface area contributed by atoms with E-state index < -0.39 is 37.0 Å². The summed E-state index contributed by atoms with van der Waals surface area (Å²) in [5.41, 5.74) is -4.50. The molecule has 0 aromatic carbocycles. The zero-order valence-electron chi connectivity index (χ0n) is 21.1. The largest absolute Gasteiger partial charge is 0.431 e. The lowest BCUT2D eigenvalue weighted by atomic mass is 9.46. The van der Waals surface area contributed by atoms with Gasteiger partial charge in [-0.3, -0.25) is 4.79 Å². The predicted molar refractivity (Wildman–Crippen MR) is 121 cm³/mol. The second kappa shape index (κ2) is 8.98. The summed E-state index contributed by atoms with van der Waals surface area (Å²) in [6.45, 7) is 6.18. The molecule has 0 aromatic heterocycles. The minimum Gasteiger partial charge on any atom is -0.393 e. The number of rotatable bonds is 5. The van der Waals surface area contributed by atoms with E-state index in [9.17, 15) is 40.6 Å². The third-order valence-electron chi connectivity index (χ3n) is 10.8. The second-order valence-corrected chi connectivity index (χ2v) is 12.5. The maximum atomic E-state index is 14.1. The number of aliphatic hydroxyl groups excluding tert-OH is 1. The molecule has 1 N–H and O–H groups in total. The summed E-state index contributed by atoms with van der Waals surface area (Å²) in [5.74, 6) is 0.154. The van der Waals surface area contributed by atoms with Crippen molar-refractivity contribution in [2.45, 2.75) is 109 Å². The molecule has 4 rings (SSSR count). The lowest BCUT2D eigenvalue weighted by molar-refractivity contribution is -0.343. The van der Waals surface area contributed by atoms with Crippen molar-refractivity contribution in [3.8, 4) is 0 Å². The van der Waals surface area contributed by atoms with Crippen molar-refractivity contribution >= 4 is 5.78 Å². The Morgan fingerprint density at radius 2 is 1.61 bits per heavy atom. The molecule has 2 nitrogen and oxygen atoms in total. The molecule has 0 bridgehead atoms. The standard InChI is InChI=1S/C27H37F7O2/c1-15(5-4-10-25(28,26(29,30)31)27(32,33)34)18-6-7-19-22-20(9-12-24(18,19)3)23(2)11-8-17(35)13-16(23)14-21(22)36/h14-15,17-20,22,35H,4-13H2,1-3H3/t15?,17-,18+,19-,20-,22-,23-,24+/m0/s1. The predicted octanol–water partition coefficient (Wildman–Crippen LogP) is 7.74. The SMILES string of the molecule is CC(CCCC(F)(C(F)(F)F)C(F)(F)F)[C@H]1CC[C@H]2[C@@H]3C(=O)C=C4C[C@@H](O)CC[C@]4(C)[C@H]3CC[C@]12C. The summed E-state index contributed by atoms with van der Waals surface area (Å²) in [7, 11) is 0. The van der Waals surface area contributed by atoms with Gasteiger partial charge in [-0.2, -0.15) is 26.3 Å². The van der Waals surface area contributed by atoms with Crippen LogP contribution in [0.5, 0.6) is 0 Å². The second-order valence-electron chi connectivity index (χ2n) is 12.5. The van der Waals surface area contributed by atoms with Crippen LogP contribution < -0.4 is 0 Å². The van der Waals surface area contributed by atoms with Gasteiger partial charge in [0.15, 0.2) is 5.78 Å². The molecule has 0 aromatic rings. The zero-order chi connectivity index (χ0) is 26.9. The molecule has 9 heteroatoms. The van der Waals surface area contributed by atoms with E-state index in [0.29, 0.717) is 12.8 Å². The van der Waals surface area contributed by atoms with E-state index in [1.165, 1.54) is 0 Å². The average Bonchev–Trinajstić information content (AvgIpc) is 3.10. The number of hydrogen-bond donors (Lipinski definition) is 1. The van der Waals surface area contributed by atoms with Crippen molar-refractivity contribution in [1.29, 1.82) is 0 Å². The molecule has 8 atom stereocenters. The lowest BCUT2D eigenvalue weighted by Crippen LogP contribution is -2.54. The van der Waals surface area contributed by atoms with E-state index in [-0.39, 0.29) is 52.6 Å². The Bertz CT molecular complexity index is 880. The number of carbonyl (C=O) groups is 1. The fourth-order valence-corrected chi connectivity index (χ4v) is 8.67. The van der Waals surface area contributed by atoms with E-state index in [0.717, 1.165) is 37.7 Å². The van der Waals surface area contributed by atoms with Crippen LogP contribution in [-0.4, -0.2) is 35.0 Å². The highest BCUT2D eigenvalue weighted by atomic mass is 19.4. The highest BCUT2D eigenvalue weighted by molar-refractivity contribution is 5.94. The van der Waals surface area contributed by atoms with Crippen LogP contribution >= 0.6 is 0 Å². The molecule has 206 valence electrons. The number of halogens is 7. The molecule has 1 unspecified atom stereocenters. The quantitative estimate of drug-likeness (QED) is 0.372. The number of fused-ring (bicyclic) bond motifs is 5. The Hall–Kier alpha value is -1.12. The highest BCUT2D eigenvalue weighted by Crippen LogP contribution is 2.66. The molecule has 3 fully saturated rings. The fourth-order valence-electron chi connectivity index (χ4n) is 8.67. The Morgan fingerprint density at radius 3 is 2.22 bits per heavy atom. The molecule has 36 heavy (non-hydrogen) atoms. The van der Waals surface area contributed by atoms with Gasteiger partial charge in [-0.1, -0.05) is 32.8 Å².